The molecule has 0 aromatic carbocycles. The Balaban J connectivity index is 1.70. The Hall–Kier alpha value is -0.940. The van der Waals surface area contributed by atoms with Crippen LogP contribution in [-0.4, -0.2) is 46.4 Å². The van der Waals surface area contributed by atoms with Crippen molar-refractivity contribution in [3.8, 4) is 0 Å². The number of carbonyl (C=O) groups excluding carboxylic acids is 1. The first-order chi connectivity index (χ1) is 10.8. The van der Waals surface area contributed by atoms with E-state index in [4.69, 9.17) is 0 Å². The molecule has 1 aromatic heterocycles. The lowest BCUT2D eigenvalue weighted by Gasteiger charge is -2.38. The van der Waals surface area contributed by atoms with E-state index < -0.39 is 0 Å². The molecule has 0 radical (unpaired) electrons. The van der Waals surface area contributed by atoms with E-state index in [2.05, 4.69) is 21.7 Å². The lowest BCUT2D eigenvalue weighted by molar-refractivity contribution is -0.140. The van der Waals surface area contributed by atoms with Crippen molar-refractivity contribution >= 4 is 17.2 Å². The molecule has 0 saturated carbocycles. The molecular formula is C17H27N3OS. The van der Waals surface area contributed by atoms with Gasteiger partial charge in [-0.25, -0.2) is 4.98 Å². The Morgan fingerprint density at radius 2 is 1.91 bits per heavy atom. The normalized spacial score (nSPS) is 25.7. The number of hydrogen-bond donors (Lipinski definition) is 0. The van der Waals surface area contributed by atoms with Crippen molar-refractivity contribution in [3.63, 3.8) is 0 Å². The molecule has 0 bridgehead atoms. The van der Waals surface area contributed by atoms with E-state index in [0.29, 0.717) is 5.91 Å². The fraction of sp³-hybridized carbons (Fsp3) is 0.765. The fourth-order valence-electron chi connectivity index (χ4n) is 3.73. The van der Waals surface area contributed by atoms with Crippen LogP contribution in [0.2, 0.25) is 0 Å². The smallest absolute Gasteiger partial charge is 0.240 e. The molecule has 2 atom stereocenters. The first kappa shape index (κ1) is 15.9. The van der Waals surface area contributed by atoms with E-state index >= 15 is 0 Å². The molecule has 22 heavy (non-hydrogen) atoms. The third kappa shape index (κ3) is 3.51. The number of rotatable bonds is 3. The van der Waals surface area contributed by atoms with E-state index in [1.165, 1.54) is 32.1 Å². The second-order valence-corrected chi connectivity index (χ2v) is 7.47. The van der Waals surface area contributed by atoms with E-state index in [-0.39, 0.29) is 12.1 Å². The predicted octanol–water partition coefficient (Wildman–Crippen LogP) is 3.46. The summed E-state index contributed by atoms with van der Waals surface area (Å²) in [6, 6.07) is 0.217. The zero-order chi connectivity index (χ0) is 15.4. The SMILES string of the molecule is C[C@H](C(=O)N1CCCC[C@H]1c1nccs1)N1CCCCCC1. The van der Waals surface area contributed by atoms with Gasteiger partial charge in [0.25, 0.3) is 0 Å². The van der Waals surface area contributed by atoms with Gasteiger partial charge in [-0.05, 0) is 52.1 Å². The Morgan fingerprint density at radius 3 is 2.59 bits per heavy atom. The first-order valence-electron chi connectivity index (χ1n) is 8.71. The summed E-state index contributed by atoms with van der Waals surface area (Å²) < 4.78 is 0. The van der Waals surface area contributed by atoms with Crippen LogP contribution in [-0.2, 0) is 4.79 Å². The number of aromatic nitrogens is 1. The molecule has 2 aliphatic heterocycles. The molecule has 3 rings (SSSR count). The van der Waals surface area contributed by atoms with Gasteiger partial charge in [-0.2, -0.15) is 0 Å². The highest BCUT2D eigenvalue weighted by molar-refractivity contribution is 7.09. The van der Waals surface area contributed by atoms with Gasteiger partial charge >= 0.3 is 0 Å². The number of thiazole rings is 1. The Labute approximate surface area is 137 Å². The molecule has 3 heterocycles. The lowest BCUT2D eigenvalue weighted by atomic mass is 10.0. The van der Waals surface area contributed by atoms with E-state index in [9.17, 15) is 4.79 Å². The van der Waals surface area contributed by atoms with Crippen LogP contribution in [0.15, 0.2) is 11.6 Å². The minimum Gasteiger partial charge on any atom is -0.332 e. The number of likely N-dealkylation sites (tertiary alicyclic amines) is 2. The van der Waals surface area contributed by atoms with Gasteiger partial charge in [0.1, 0.15) is 5.01 Å². The monoisotopic (exact) mass is 321 g/mol. The van der Waals surface area contributed by atoms with Crippen LogP contribution in [0.25, 0.3) is 0 Å². The molecule has 0 unspecified atom stereocenters. The molecule has 2 fully saturated rings. The third-order valence-electron chi connectivity index (χ3n) is 5.07. The van der Waals surface area contributed by atoms with Crippen molar-refractivity contribution in [1.82, 2.24) is 14.8 Å². The highest BCUT2D eigenvalue weighted by Gasteiger charge is 2.34. The minimum absolute atomic E-state index is 0.0127. The van der Waals surface area contributed by atoms with Gasteiger partial charge in [-0.3, -0.25) is 9.69 Å². The standard InChI is InChI=1S/C17H27N3OS/c1-14(19-10-5-2-3-6-11-19)17(21)20-12-7-4-8-15(20)16-18-9-13-22-16/h9,13-15H,2-8,10-12H2,1H3/t14-,15+/m1/s1. The molecule has 0 N–H and O–H groups in total. The molecule has 1 aromatic rings. The van der Waals surface area contributed by atoms with Crippen LogP contribution >= 0.6 is 11.3 Å². The quantitative estimate of drug-likeness (QED) is 0.855. The average Bonchev–Trinajstić information content (AvgIpc) is 2.96. The highest BCUT2D eigenvalue weighted by Crippen LogP contribution is 2.33. The molecule has 2 saturated heterocycles. The molecule has 0 spiro atoms. The van der Waals surface area contributed by atoms with Crippen molar-refractivity contribution in [2.45, 2.75) is 64.0 Å². The van der Waals surface area contributed by atoms with Crippen molar-refractivity contribution < 1.29 is 4.79 Å². The zero-order valence-electron chi connectivity index (χ0n) is 13.5. The van der Waals surface area contributed by atoms with Gasteiger partial charge < -0.3 is 4.90 Å². The maximum Gasteiger partial charge on any atom is 0.240 e. The number of carbonyl (C=O) groups is 1. The number of amides is 1. The van der Waals surface area contributed by atoms with Gasteiger partial charge in [0, 0.05) is 18.1 Å². The fourth-order valence-corrected chi connectivity index (χ4v) is 4.51. The molecule has 4 nitrogen and oxygen atoms in total. The van der Waals surface area contributed by atoms with Gasteiger partial charge in [0.2, 0.25) is 5.91 Å². The summed E-state index contributed by atoms with van der Waals surface area (Å²) in [5, 5.41) is 3.13. The summed E-state index contributed by atoms with van der Waals surface area (Å²) in [6.45, 7) is 5.13. The summed E-state index contributed by atoms with van der Waals surface area (Å²) in [5.74, 6) is 0.307. The largest absolute Gasteiger partial charge is 0.332 e. The van der Waals surface area contributed by atoms with Crippen LogP contribution in [0.5, 0.6) is 0 Å². The molecule has 122 valence electrons. The number of nitrogens with zero attached hydrogens (tertiary/aromatic N) is 3. The van der Waals surface area contributed by atoms with Crippen LogP contribution in [0, 0.1) is 0 Å². The summed E-state index contributed by atoms with van der Waals surface area (Å²) in [5.41, 5.74) is 0. The Bertz CT molecular complexity index is 468. The predicted molar refractivity (Wildman–Crippen MR) is 89.9 cm³/mol. The molecular weight excluding hydrogens is 294 g/mol. The second-order valence-electron chi connectivity index (χ2n) is 6.54. The third-order valence-corrected chi connectivity index (χ3v) is 5.94. The Kier molecular flexibility index (Phi) is 5.47. The highest BCUT2D eigenvalue weighted by atomic mass is 32.1. The molecule has 0 aliphatic carbocycles. The average molecular weight is 321 g/mol. The maximum absolute atomic E-state index is 13.1. The van der Waals surface area contributed by atoms with Gasteiger partial charge in [0.15, 0.2) is 0 Å². The van der Waals surface area contributed by atoms with Crippen molar-refractivity contribution in [2.75, 3.05) is 19.6 Å². The van der Waals surface area contributed by atoms with Gasteiger partial charge in [-0.15, -0.1) is 11.3 Å². The van der Waals surface area contributed by atoms with Crippen LogP contribution < -0.4 is 0 Å². The molecule has 2 aliphatic rings. The summed E-state index contributed by atoms with van der Waals surface area (Å²) in [7, 11) is 0. The second kappa shape index (κ2) is 7.55. The minimum atomic E-state index is 0.0127. The van der Waals surface area contributed by atoms with E-state index in [1.54, 1.807) is 11.3 Å². The van der Waals surface area contributed by atoms with E-state index in [0.717, 1.165) is 37.5 Å². The summed E-state index contributed by atoms with van der Waals surface area (Å²) in [4.78, 5) is 22.0. The maximum atomic E-state index is 13.1. The van der Waals surface area contributed by atoms with Gasteiger partial charge in [0.05, 0.1) is 12.1 Å². The summed E-state index contributed by atoms with van der Waals surface area (Å²) in [6.07, 6.45) is 10.3. The first-order valence-corrected chi connectivity index (χ1v) is 9.59. The number of hydrogen-bond acceptors (Lipinski definition) is 4. The lowest BCUT2D eigenvalue weighted by Crippen LogP contribution is -2.49. The molecule has 1 amide bonds. The van der Waals surface area contributed by atoms with Crippen LogP contribution in [0.1, 0.15) is 62.9 Å². The van der Waals surface area contributed by atoms with Crippen molar-refractivity contribution in [3.05, 3.63) is 16.6 Å². The van der Waals surface area contributed by atoms with Crippen molar-refractivity contribution in [1.29, 1.82) is 0 Å². The van der Waals surface area contributed by atoms with Crippen LogP contribution in [0.4, 0.5) is 0 Å². The molecule has 5 heteroatoms. The topological polar surface area (TPSA) is 36.4 Å². The zero-order valence-corrected chi connectivity index (χ0v) is 14.4. The van der Waals surface area contributed by atoms with E-state index in [1.807, 2.05) is 11.6 Å². The van der Waals surface area contributed by atoms with Gasteiger partial charge in [-0.1, -0.05) is 12.8 Å². The summed E-state index contributed by atoms with van der Waals surface area (Å²) >= 11 is 1.68. The van der Waals surface area contributed by atoms with Crippen LogP contribution in [0.3, 0.4) is 0 Å². The number of piperidine rings is 1. The Morgan fingerprint density at radius 1 is 1.18 bits per heavy atom. The van der Waals surface area contributed by atoms with Crippen molar-refractivity contribution in [2.24, 2.45) is 0 Å².